The third kappa shape index (κ3) is 6.34. The van der Waals surface area contributed by atoms with Crippen LogP contribution in [-0.4, -0.2) is 30.7 Å². The molecule has 3 rings (SSSR count). The van der Waals surface area contributed by atoms with Crippen LogP contribution in [0.1, 0.15) is 49.4 Å². The van der Waals surface area contributed by atoms with E-state index in [1.807, 2.05) is 18.2 Å². The molecule has 0 bridgehead atoms. The van der Waals surface area contributed by atoms with E-state index in [1.54, 1.807) is 24.3 Å². The van der Waals surface area contributed by atoms with Gasteiger partial charge in [0, 0.05) is 24.3 Å². The maximum atomic E-state index is 12.4. The summed E-state index contributed by atoms with van der Waals surface area (Å²) in [6.07, 6.45) is 5.75. The molecule has 1 aliphatic rings. The molecule has 30 heavy (non-hydrogen) atoms. The lowest BCUT2D eigenvalue weighted by Crippen LogP contribution is -2.34. The number of anilines is 2. The van der Waals surface area contributed by atoms with E-state index in [0.717, 1.165) is 43.1 Å². The summed E-state index contributed by atoms with van der Waals surface area (Å²) < 4.78 is 5.62. The normalized spacial score (nSPS) is 13.6. The Balaban J connectivity index is 1.53. The second-order valence-corrected chi connectivity index (χ2v) is 8.16. The summed E-state index contributed by atoms with van der Waals surface area (Å²) in [6, 6.07) is 12.8. The zero-order valence-corrected chi connectivity index (χ0v) is 18.8. The quantitative estimate of drug-likeness (QED) is 0.427. The lowest BCUT2D eigenvalue weighted by atomic mass is 10.1. The van der Waals surface area contributed by atoms with Gasteiger partial charge in [-0.2, -0.15) is 0 Å². The number of piperidine rings is 1. The summed E-state index contributed by atoms with van der Waals surface area (Å²) in [5, 5.41) is 6.63. The molecule has 1 heterocycles. The first-order valence-electron chi connectivity index (χ1n) is 10.5. The largest absolute Gasteiger partial charge is 0.494 e. The molecule has 1 saturated heterocycles. The molecule has 0 radical (unpaired) electrons. The maximum Gasteiger partial charge on any atom is 0.257 e. The number of nitrogens with one attached hydrogen (secondary N) is 2. The molecular weight excluding hydrogens is 418 g/mol. The van der Waals surface area contributed by atoms with Gasteiger partial charge in [0.15, 0.2) is 5.11 Å². The van der Waals surface area contributed by atoms with Crippen molar-refractivity contribution in [3.8, 4) is 5.75 Å². The summed E-state index contributed by atoms with van der Waals surface area (Å²) in [5.41, 5.74) is 2.30. The van der Waals surface area contributed by atoms with E-state index >= 15 is 0 Å². The number of benzene rings is 2. The lowest BCUT2D eigenvalue weighted by Gasteiger charge is -2.29. The van der Waals surface area contributed by atoms with Crippen LogP contribution in [0, 0.1) is 0 Å². The molecule has 1 fully saturated rings. The van der Waals surface area contributed by atoms with Crippen LogP contribution >= 0.6 is 23.8 Å². The van der Waals surface area contributed by atoms with Crippen LogP contribution < -0.4 is 20.3 Å². The van der Waals surface area contributed by atoms with Crippen LogP contribution in [0.25, 0.3) is 0 Å². The highest BCUT2D eigenvalue weighted by atomic mass is 35.5. The van der Waals surface area contributed by atoms with Crippen LogP contribution in [0.15, 0.2) is 42.5 Å². The SMILES string of the molecule is CCCCOc1ccc(C(=O)NC(=S)Nc2ccc(N3CCCCC3)c(Cl)c2)cc1. The van der Waals surface area contributed by atoms with E-state index < -0.39 is 0 Å². The van der Waals surface area contributed by atoms with E-state index in [1.165, 1.54) is 19.3 Å². The number of thiocarbonyl (C=S) groups is 1. The van der Waals surface area contributed by atoms with Gasteiger partial charge in [0.2, 0.25) is 0 Å². The van der Waals surface area contributed by atoms with Gasteiger partial charge < -0.3 is 15.0 Å². The second kappa shape index (κ2) is 11.2. The molecule has 1 aliphatic heterocycles. The third-order valence-electron chi connectivity index (χ3n) is 5.01. The Kier molecular flexibility index (Phi) is 8.34. The molecule has 7 heteroatoms. The van der Waals surface area contributed by atoms with Crippen molar-refractivity contribution in [1.29, 1.82) is 0 Å². The number of unbranched alkanes of at least 4 members (excludes halogenated alkanes) is 1. The van der Waals surface area contributed by atoms with Crippen molar-refractivity contribution in [2.45, 2.75) is 39.0 Å². The predicted octanol–water partition coefficient (Wildman–Crippen LogP) is 5.64. The van der Waals surface area contributed by atoms with E-state index in [0.29, 0.717) is 17.2 Å². The average molecular weight is 446 g/mol. The van der Waals surface area contributed by atoms with Crippen molar-refractivity contribution in [1.82, 2.24) is 5.32 Å². The Hall–Kier alpha value is -2.31. The Morgan fingerprint density at radius 2 is 1.87 bits per heavy atom. The van der Waals surface area contributed by atoms with Crippen molar-refractivity contribution in [3.63, 3.8) is 0 Å². The first-order chi connectivity index (χ1) is 14.6. The van der Waals surface area contributed by atoms with Gasteiger partial charge in [-0.15, -0.1) is 0 Å². The van der Waals surface area contributed by atoms with Gasteiger partial charge in [0.25, 0.3) is 5.91 Å². The number of ether oxygens (including phenoxy) is 1. The predicted molar refractivity (Wildman–Crippen MR) is 128 cm³/mol. The Labute approximate surface area is 188 Å². The number of rotatable bonds is 7. The lowest BCUT2D eigenvalue weighted by molar-refractivity contribution is 0.0977. The minimum absolute atomic E-state index is 0.227. The second-order valence-electron chi connectivity index (χ2n) is 7.35. The van der Waals surface area contributed by atoms with Crippen LogP contribution in [0.2, 0.25) is 5.02 Å². The molecule has 1 amide bonds. The molecule has 0 unspecified atom stereocenters. The monoisotopic (exact) mass is 445 g/mol. The molecule has 0 spiro atoms. The van der Waals surface area contributed by atoms with Crippen molar-refractivity contribution >= 4 is 46.2 Å². The average Bonchev–Trinajstić information content (AvgIpc) is 2.75. The minimum atomic E-state index is -0.274. The molecular formula is C23H28ClN3O2S. The Morgan fingerprint density at radius 3 is 2.53 bits per heavy atom. The number of nitrogens with zero attached hydrogens (tertiary/aromatic N) is 1. The standard InChI is InChI=1S/C23H28ClN3O2S/c1-2-3-15-29-19-10-7-17(8-11-19)22(28)26-23(30)25-18-9-12-21(20(24)16-18)27-13-5-4-6-14-27/h7-12,16H,2-6,13-15H2,1H3,(H2,25,26,28,30). The number of hydrogen-bond donors (Lipinski definition) is 2. The summed E-state index contributed by atoms with van der Waals surface area (Å²) in [4.78, 5) is 14.7. The van der Waals surface area contributed by atoms with Crippen molar-refractivity contribution in [2.75, 3.05) is 29.9 Å². The first kappa shape index (κ1) is 22.4. The molecule has 0 aliphatic carbocycles. The molecule has 2 aromatic rings. The van der Waals surface area contributed by atoms with E-state index in [-0.39, 0.29) is 11.0 Å². The van der Waals surface area contributed by atoms with Gasteiger partial charge in [-0.25, -0.2) is 0 Å². The molecule has 0 atom stereocenters. The first-order valence-corrected chi connectivity index (χ1v) is 11.2. The van der Waals surface area contributed by atoms with Gasteiger partial charge in [-0.3, -0.25) is 10.1 Å². The number of carbonyl (C=O) groups excluding carboxylic acids is 1. The molecule has 160 valence electrons. The zero-order chi connectivity index (χ0) is 21.3. The number of halogens is 1. The van der Waals surface area contributed by atoms with Crippen LogP contribution in [0.5, 0.6) is 5.75 Å². The summed E-state index contributed by atoms with van der Waals surface area (Å²) in [7, 11) is 0. The van der Waals surface area contributed by atoms with Crippen molar-refractivity contribution in [2.24, 2.45) is 0 Å². The molecule has 0 aromatic heterocycles. The van der Waals surface area contributed by atoms with Crippen LogP contribution in [0.3, 0.4) is 0 Å². The fourth-order valence-corrected chi connectivity index (χ4v) is 3.86. The summed E-state index contributed by atoms with van der Waals surface area (Å²) in [5.74, 6) is 0.479. The fraction of sp³-hybridized carbons (Fsp3) is 0.391. The van der Waals surface area contributed by atoms with Gasteiger partial charge >= 0.3 is 0 Å². The van der Waals surface area contributed by atoms with Crippen molar-refractivity contribution in [3.05, 3.63) is 53.1 Å². The highest BCUT2D eigenvalue weighted by Gasteiger charge is 2.15. The van der Waals surface area contributed by atoms with Gasteiger partial charge in [-0.05, 0) is 80.4 Å². The molecule has 2 N–H and O–H groups in total. The van der Waals surface area contributed by atoms with Crippen LogP contribution in [0.4, 0.5) is 11.4 Å². The number of amides is 1. The highest BCUT2D eigenvalue weighted by molar-refractivity contribution is 7.80. The summed E-state index contributed by atoms with van der Waals surface area (Å²) in [6.45, 7) is 4.85. The van der Waals surface area contributed by atoms with Crippen molar-refractivity contribution < 1.29 is 9.53 Å². The zero-order valence-electron chi connectivity index (χ0n) is 17.2. The molecule has 2 aromatic carbocycles. The van der Waals surface area contributed by atoms with Gasteiger partial charge in [-0.1, -0.05) is 24.9 Å². The van der Waals surface area contributed by atoms with Gasteiger partial charge in [0.1, 0.15) is 5.75 Å². The topological polar surface area (TPSA) is 53.6 Å². The van der Waals surface area contributed by atoms with Crippen LogP contribution in [-0.2, 0) is 0 Å². The fourth-order valence-electron chi connectivity index (χ4n) is 3.35. The Bertz CT molecular complexity index is 867. The third-order valence-corrected chi connectivity index (χ3v) is 5.52. The number of carbonyl (C=O) groups is 1. The summed E-state index contributed by atoms with van der Waals surface area (Å²) >= 11 is 11.8. The minimum Gasteiger partial charge on any atom is -0.494 e. The maximum absolute atomic E-state index is 12.4. The molecule has 0 saturated carbocycles. The van der Waals surface area contributed by atoms with E-state index in [9.17, 15) is 4.79 Å². The Morgan fingerprint density at radius 1 is 1.13 bits per heavy atom. The number of hydrogen-bond acceptors (Lipinski definition) is 4. The van der Waals surface area contributed by atoms with E-state index in [2.05, 4.69) is 22.5 Å². The van der Waals surface area contributed by atoms with E-state index in [4.69, 9.17) is 28.6 Å². The molecule has 5 nitrogen and oxygen atoms in total. The smallest absolute Gasteiger partial charge is 0.257 e. The van der Waals surface area contributed by atoms with Gasteiger partial charge in [0.05, 0.1) is 17.3 Å². The highest BCUT2D eigenvalue weighted by Crippen LogP contribution is 2.30.